The van der Waals surface area contributed by atoms with Crippen molar-refractivity contribution in [3.8, 4) is 6.07 Å². The lowest BCUT2D eigenvalue weighted by Gasteiger charge is -2.11. The zero-order valence-corrected chi connectivity index (χ0v) is 9.43. The quantitative estimate of drug-likeness (QED) is 0.799. The van der Waals surface area contributed by atoms with Gasteiger partial charge in [-0.3, -0.25) is 4.98 Å². The minimum absolute atomic E-state index is 0.156. The van der Waals surface area contributed by atoms with Crippen LogP contribution in [0.2, 0.25) is 0 Å². The van der Waals surface area contributed by atoms with Crippen LogP contribution in [0.1, 0.15) is 22.1 Å². The van der Waals surface area contributed by atoms with E-state index >= 15 is 0 Å². The molecule has 2 rings (SSSR count). The van der Waals surface area contributed by atoms with E-state index < -0.39 is 0 Å². The Morgan fingerprint density at radius 1 is 1.12 bits per heavy atom. The summed E-state index contributed by atoms with van der Waals surface area (Å²) in [6.07, 6.45) is 1.73. The fourth-order valence-corrected chi connectivity index (χ4v) is 1.91. The molecule has 0 saturated carbocycles. The van der Waals surface area contributed by atoms with Gasteiger partial charge in [0.25, 0.3) is 0 Å². The fraction of sp³-hybridized carbons (Fsp3) is 0.0769. The highest BCUT2D eigenvalue weighted by Crippen LogP contribution is 2.28. The van der Waals surface area contributed by atoms with Gasteiger partial charge in [0.2, 0.25) is 0 Å². The Bertz CT molecular complexity index is 517. The molecule has 0 spiro atoms. The van der Waals surface area contributed by atoms with Gasteiger partial charge in [0.1, 0.15) is 0 Å². The third-order valence-electron chi connectivity index (χ3n) is 2.34. The Kier molecular flexibility index (Phi) is 3.23. The molecule has 0 saturated heterocycles. The average molecular weight is 226 g/mol. The molecule has 1 aromatic carbocycles. The van der Waals surface area contributed by atoms with Crippen LogP contribution < -0.4 is 0 Å². The summed E-state index contributed by atoms with van der Waals surface area (Å²) in [6.45, 7) is 0. The lowest BCUT2D eigenvalue weighted by molar-refractivity contribution is 1.05. The molecule has 78 valence electrons. The van der Waals surface area contributed by atoms with Crippen LogP contribution in [0.15, 0.2) is 48.7 Å². The van der Waals surface area contributed by atoms with Gasteiger partial charge in [0.15, 0.2) is 0 Å². The van der Waals surface area contributed by atoms with Crippen molar-refractivity contribution in [3.05, 3.63) is 65.5 Å². The Hall–Kier alpha value is -1.79. The molecule has 1 heterocycles. The van der Waals surface area contributed by atoms with Gasteiger partial charge in [-0.15, -0.1) is 0 Å². The molecule has 2 nitrogen and oxygen atoms in total. The van der Waals surface area contributed by atoms with Crippen molar-refractivity contribution < 1.29 is 0 Å². The predicted octanol–water partition coefficient (Wildman–Crippen LogP) is 2.97. The molecule has 16 heavy (non-hydrogen) atoms. The van der Waals surface area contributed by atoms with Crippen molar-refractivity contribution in [3.63, 3.8) is 0 Å². The summed E-state index contributed by atoms with van der Waals surface area (Å²) in [6, 6.07) is 15.3. The molecule has 0 N–H and O–H groups in total. The van der Waals surface area contributed by atoms with Crippen molar-refractivity contribution in [1.82, 2.24) is 4.98 Å². The maximum atomic E-state index is 9.01. The van der Waals surface area contributed by atoms with Crippen molar-refractivity contribution in [2.24, 2.45) is 0 Å². The first-order chi connectivity index (χ1) is 7.83. The van der Waals surface area contributed by atoms with E-state index in [1.807, 2.05) is 36.4 Å². The van der Waals surface area contributed by atoms with Crippen molar-refractivity contribution in [2.75, 3.05) is 0 Å². The number of benzene rings is 1. The van der Waals surface area contributed by atoms with E-state index in [2.05, 4.69) is 23.7 Å². The van der Waals surface area contributed by atoms with E-state index in [4.69, 9.17) is 5.26 Å². The van der Waals surface area contributed by atoms with Gasteiger partial charge in [-0.1, -0.05) is 24.3 Å². The normalized spacial score (nSPS) is 11.8. The molecular weight excluding hydrogens is 216 g/mol. The van der Waals surface area contributed by atoms with E-state index in [1.54, 1.807) is 12.3 Å². The third-order valence-corrected chi connectivity index (χ3v) is 2.89. The number of nitriles is 1. The molecule has 0 bridgehead atoms. The summed E-state index contributed by atoms with van der Waals surface area (Å²) in [5, 5.41) is 8.85. The summed E-state index contributed by atoms with van der Waals surface area (Å²) < 4.78 is 0. The predicted molar refractivity (Wildman–Crippen MR) is 66.2 cm³/mol. The van der Waals surface area contributed by atoms with Gasteiger partial charge < -0.3 is 0 Å². The summed E-state index contributed by atoms with van der Waals surface area (Å²) >= 11 is 4.52. The number of aromatic nitrogens is 1. The molecule has 1 aromatic heterocycles. The van der Waals surface area contributed by atoms with E-state index in [9.17, 15) is 0 Å². The summed E-state index contributed by atoms with van der Waals surface area (Å²) in [4.78, 5) is 4.24. The van der Waals surface area contributed by atoms with E-state index in [-0.39, 0.29) is 5.25 Å². The van der Waals surface area contributed by atoms with E-state index in [1.165, 1.54) is 0 Å². The second-order valence-corrected chi connectivity index (χ2v) is 3.87. The molecule has 0 amide bonds. The first-order valence-electron chi connectivity index (χ1n) is 4.91. The fourth-order valence-electron chi connectivity index (χ4n) is 1.53. The number of pyridine rings is 1. The van der Waals surface area contributed by atoms with Crippen LogP contribution in [-0.2, 0) is 0 Å². The SMILES string of the molecule is N#Cc1ccccc1C(S)c1ccccn1. The number of hydrogen-bond acceptors (Lipinski definition) is 3. The maximum Gasteiger partial charge on any atom is 0.0995 e. The van der Waals surface area contributed by atoms with Gasteiger partial charge >= 0.3 is 0 Å². The maximum absolute atomic E-state index is 9.01. The van der Waals surface area contributed by atoms with Crippen LogP contribution in [-0.4, -0.2) is 4.98 Å². The molecule has 0 aliphatic carbocycles. The van der Waals surface area contributed by atoms with Crippen molar-refractivity contribution in [2.45, 2.75) is 5.25 Å². The lowest BCUT2D eigenvalue weighted by atomic mass is 10.0. The monoisotopic (exact) mass is 226 g/mol. The van der Waals surface area contributed by atoms with E-state index in [0.29, 0.717) is 5.56 Å². The summed E-state index contributed by atoms with van der Waals surface area (Å²) in [5.41, 5.74) is 2.40. The standard InChI is InChI=1S/C13H10N2S/c14-9-10-5-1-2-6-11(10)13(16)12-7-3-4-8-15-12/h1-8,13,16H. The zero-order chi connectivity index (χ0) is 11.4. The van der Waals surface area contributed by atoms with Crippen LogP contribution in [0.25, 0.3) is 0 Å². The summed E-state index contributed by atoms with van der Waals surface area (Å²) in [7, 11) is 0. The number of thiol groups is 1. The highest BCUT2D eigenvalue weighted by atomic mass is 32.1. The number of rotatable bonds is 2. The third kappa shape index (κ3) is 2.07. The molecule has 1 unspecified atom stereocenters. The van der Waals surface area contributed by atoms with Crippen LogP contribution in [0.3, 0.4) is 0 Å². The van der Waals surface area contributed by atoms with Crippen LogP contribution in [0, 0.1) is 11.3 Å². The molecular formula is C13H10N2S. The summed E-state index contributed by atoms with van der Waals surface area (Å²) in [5.74, 6) is 0. The van der Waals surface area contributed by atoms with Crippen LogP contribution in [0.5, 0.6) is 0 Å². The molecule has 3 heteroatoms. The molecule has 2 aromatic rings. The Morgan fingerprint density at radius 3 is 2.56 bits per heavy atom. The van der Waals surface area contributed by atoms with E-state index in [0.717, 1.165) is 11.3 Å². The smallest absolute Gasteiger partial charge is 0.0995 e. The second kappa shape index (κ2) is 4.82. The van der Waals surface area contributed by atoms with Crippen molar-refractivity contribution in [1.29, 1.82) is 5.26 Å². The highest BCUT2D eigenvalue weighted by Gasteiger charge is 2.13. The van der Waals surface area contributed by atoms with Gasteiger partial charge in [-0.05, 0) is 23.8 Å². The minimum atomic E-state index is -0.156. The molecule has 0 radical (unpaired) electrons. The topological polar surface area (TPSA) is 36.7 Å². The molecule has 0 aliphatic heterocycles. The van der Waals surface area contributed by atoms with Gasteiger partial charge in [-0.25, -0.2) is 0 Å². The lowest BCUT2D eigenvalue weighted by Crippen LogP contribution is -1.98. The Balaban J connectivity index is 2.42. The highest BCUT2D eigenvalue weighted by molar-refractivity contribution is 7.80. The number of hydrogen-bond donors (Lipinski definition) is 1. The molecule has 0 fully saturated rings. The number of nitrogens with zero attached hydrogens (tertiary/aromatic N) is 2. The van der Waals surface area contributed by atoms with Crippen molar-refractivity contribution >= 4 is 12.6 Å². The Morgan fingerprint density at radius 2 is 1.88 bits per heavy atom. The molecule has 0 aliphatic rings. The molecule has 1 atom stereocenters. The minimum Gasteiger partial charge on any atom is -0.260 e. The van der Waals surface area contributed by atoms with Crippen LogP contribution in [0.4, 0.5) is 0 Å². The zero-order valence-electron chi connectivity index (χ0n) is 8.54. The van der Waals surface area contributed by atoms with Gasteiger partial charge in [0.05, 0.1) is 22.6 Å². The largest absolute Gasteiger partial charge is 0.260 e. The first kappa shape index (κ1) is 10.7. The second-order valence-electron chi connectivity index (χ2n) is 3.36. The average Bonchev–Trinajstić information content (AvgIpc) is 2.39. The Labute approximate surface area is 100.0 Å². The van der Waals surface area contributed by atoms with Gasteiger partial charge in [0, 0.05) is 6.20 Å². The van der Waals surface area contributed by atoms with Gasteiger partial charge in [-0.2, -0.15) is 17.9 Å². The van der Waals surface area contributed by atoms with Crippen LogP contribution >= 0.6 is 12.6 Å². The first-order valence-corrected chi connectivity index (χ1v) is 5.42.